The van der Waals surface area contributed by atoms with E-state index in [1.807, 2.05) is 20.0 Å². The van der Waals surface area contributed by atoms with E-state index in [2.05, 4.69) is 29.1 Å². The summed E-state index contributed by atoms with van der Waals surface area (Å²) >= 11 is 1.77. The van der Waals surface area contributed by atoms with Crippen molar-refractivity contribution in [3.63, 3.8) is 0 Å². The number of hydrogen-bond acceptors (Lipinski definition) is 5. The van der Waals surface area contributed by atoms with Crippen LogP contribution < -0.4 is 5.32 Å². The molecule has 0 aliphatic carbocycles. The SMILES string of the molecule is CCOCc1nc(NC)cc(SC(C)CC)n1. The summed E-state index contributed by atoms with van der Waals surface area (Å²) in [4.78, 5) is 8.86. The van der Waals surface area contributed by atoms with Gasteiger partial charge in [0.2, 0.25) is 0 Å². The fraction of sp³-hybridized carbons (Fsp3) is 0.667. The lowest BCUT2D eigenvalue weighted by Crippen LogP contribution is -2.04. The summed E-state index contributed by atoms with van der Waals surface area (Å²) < 4.78 is 5.34. The zero-order valence-electron chi connectivity index (χ0n) is 11.0. The zero-order valence-corrected chi connectivity index (χ0v) is 11.8. The van der Waals surface area contributed by atoms with Crippen LogP contribution in [0.3, 0.4) is 0 Å². The van der Waals surface area contributed by atoms with Crippen LogP contribution in [-0.2, 0) is 11.3 Å². The molecular formula is C12H21N3OS. The second-order valence-electron chi connectivity index (χ2n) is 3.73. The van der Waals surface area contributed by atoms with E-state index < -0.39 is 0 Å². The van der Waals surface area contributed by atoms with Crippen LogP contribution in [0.15, 0.2) is 11.1 Å². The molecule has 0 saturated carbocycles. The van der Waals surface area contributed by atoms with Gasteiger partial charge in [-0.2, -0.15) is 0 Å². The van der Waals surface area contributed by atoms with Crippen molar-refractivity contribution in [2.24, 2.45) is 0 Å². The van der Waals surface area contributed by atoms with Gasteiger partial charge >= 0.3 is 0 Å². The van der Waals surface area contributed by atoms with Gasteiger partial charge < -0.3 is 10.1 Å². The van der Waals surface area contributed by atoms with Gasteiger partial charge in [-0.15, -0.1) is 11.8 Å². The van der Waals surface area contributed by atoms with E-state index in [-0.39, 0.29) is 0 Å². The summed E-state index contributed by atoms with van der Waals surface area (Å²) in [5.41, 5.74) is 0. The molecule has 1 rings (SSSR count). The standard InChI is InChI=1S/C12H21N3OS/c1-5-9(3)17-12-7-10(13-4)14-11(15-12)8-16-6-2/h7,9H,5-6,8H2,1-4H3,(H,13,14,15). The van der Waals surface area contributed by atoms with Crippen molar-refractivity contribution in [2.45, 2.75) is 44.1 Å². The van der Waals surface area contributed by atoms with Crippen LogP contribution in [0.4, 0.5) is 5.82 Å². The first kappa shape index (κ1) is 14.3. The van der Waals surface area contributed by atoms with Crippen LogP contribution in [0, 0.1) is 0 Å². The number of hydrogen-bond donors (Lipinski definition) is 1. The monoisotopic (exact) mass is 255 g/mol. The van der Waals surface area contributed by atoms with Crippen molar-refractivity contribution < 1.29 is 4.74 Å². The Hall–Kier alpha value is -0.810. The predicted octanol–water partition coefficient (Wildman–Crippen LogP) is 2.95. The van der Waals surface area contributed by atoms with E-state index >= 15 is 0 Å². The van der Waals surface area contributed by atoms with Crippen molar-refractivity contribution >= 4 is 17.6 Å². The largest absolute Gasteiger partial charge is 0.374 e. The maximum atomic E-state index is 5.34. The molecule has 0 aliphatic heterocycles. The molecule has 1 heterocycles. The number of nitrogens with zero attached hydrogens (tertiary/aromatic N) is 2. The molecule has 1 N–H and O–H groups in total. The highest BCUT2D eigenvalue weighted by Gasteiger charge is 2.07. The van der Waals surface area contributed by atoms with Gasteiger partial charge in [-0.3, -0.25) is 0 Å². The smallest absolute Gasteiger partial charge is 0.157 e. The van der Waals surface area contributed by atoms with Crippen LogP contribution in [0.25, 0.3) is 0 Å². The molecule has 1 aromatic heterocycles. The third-order valence-electron chi connectivity index (χ3n) is 2.34. The summed E-state index contributed by atoms with van der Waals surface area (Å²) in [6.07, 6.45) is 1.13. The molecule has 1 aromatic rings. The second-order valence-corrected chi connectivity index (χ2v) is 5.19. The first-order chi connectivity index (χ1) is 8.19. The maximum Gasteiger partial charge on any atom is 0.157 e. The van der Waals surface area contributed by atoms with Gasteiger partial charge in [-0.25, -0.2) is 9.97 Å². The number of nitrogens with one attached hydrogen (secondary N) is 1. The van der Waals surface area contributed by atoms with Gasteiger partial charge in [0.25, 0.3) is 0 Å². The fourth-order valence-electron chi connectivity index (χ4n) is 1.21. The fourth-order valence-corrected chi connectivity index (χ4v) is 2.13. The Balaban J connectivity index is 2.80. The molecule has 96 valence electrons. The first-order valence-corrected chi connectivity index (χ1v) is 6.87. The van der Waals surface area contributed by atoms with Crippen LogP contribution >= 0.6 is 11.8 Å². The summed E-state index contributed by atoms with van der Waals surface area (Å²) in [5.74, 6) is 1.59. The Labute approximate surface area is 108 Å². The average molecular weight is 255 g/mol. The average Bonchev–Trinajstić information content (AvgIpc) is 2.35. The van der Waals surface area contributed by atoms with Gasteiger partial charge in [-0.05, 0) is 13.3 Å². The Morgan fingerprint density at radius 2 is 2.18 bits per heavy atom. The third kappa shape index (κ3) is 4.91. The van der Waals surface area contributed by atoms with Gasteiger partial charge in [0.1, 0.15) is 17.5 Å². The van der Waals surface area contributed by atoms with Crippen molar-refractivity contribution in [3.05, 3.63) is 11.9 Å². The molecule has 0 amide bonds. The Morgan fingerprint density at radius 1 is 1.41 bits per heavy atom. The molecule has 0 bridgehead atoms. The quantitative estimate of drug-likeness (QED) is 0.599. The summed E-state index contributed by atoms with van der Waals surface area (Å²) in [7, 11) is 1.87. The van der Waals surface area contributed by atoms with Crippen molar-refractivity contribution in [3.8, 4) is 0 Å². The molecule has 1 unspecified atom stereocenters. The van der Waals surface area contributed by atoms with E-state index in [0.29, 0.717) is 18.5 Å². The summed E-state index contributed by atoms with van der Waals surface area (Å²) in [5, 5.41) is 4.63. The molecule has 0 fully saturated rings. The predicted molar refractivity (Wildman–Crippen MR) is 72.5 cm³/mol. The maximum absolute atomic E-state index is 5.34. The molecule has 0 spiro atoms. The molecule has 1 atom stereocenters. The van der Waals surface area contributed by atoms with E-state index in [9.17, 15) is 0 Å². The van der Waals surface area contributed by atoms with Crippen molar-refractivity contribution in [1.82, 2.24) is 9.97 Å². The molecule has 0 aliphatic rings. The van der Waals surface area contributed by atoms with Gasteiger partial charge in [-0.1, -0.05) is 13.8 Å². The number of thioether (sulfide) groups is 1. The highest BCUT2D eigenvalue weighted by molar-refractivity contribution is 7.99. The molecular weight excluding hydrogens is 234 g/mol. The minimum atomic E-state index is 0.472. The van der Waals surface area contributed by atoms with Crippen molar-refractivity contribution in [1.29, 1.82) is 0 Å². The van der Waals surface area contributed by atoms with Crippen molar-refractivity contribution in [2.75, 3.05) is 19.0 Å². The summed E-state index contributed by atoms with van der Waals surface area (Å²) in [6, 6.07) is 1.98. The summed E-state index contributed by atoms with van der Waals surface area (Å²) in [6.45, 7) is 7.50. The van der Waals surface area contributed by atoms with Crippen LogP contribution in [0.1, 0.15) is 33.0 Å². The van der Waals surface area contributed by atoms with Gasteiger partial charge in [0, 0.05) is 25.0 Å². The third-order valence-corrected chi connectivity index (χ3v) is 3.52. The molecule has 0 aromatic carbocycles. The Bertz CT molecular complexity index is 347. The van der Waals surface area contributed by atoms with E-state index in [4.69, 9.17) is 4.74 Å². The lowest BCUT2D eigenvalue weighted by molar-refractivity contribution is 0.128. The molecule has 0 saturated heterocycles. The topological polar surface area (TPSA) is 47.0 Å². The highest BCUT2D eigenvalue weighted by Crippen LogP contribution is 2.24. The first-order valence-electron chi connectivity index (χ1n) is 5.99. The number of aromatic nitrogens is 2. The number of rotatable bonds is 7. The van der Waals surface area contributed by atoms with Gasteiger partial charge in [0.15, 0.2) is 5.82 Å². The van der Waals surface area contributed by atoms with Crippen LogP contribution in [0.2, 0.25) is 0 Å². The molecule has 17 heavy (non-hydrogen) atoms. The Kier molecular flexibility index (Phi) is 6.29. The lowest BCUT2D eigenvalue weighted by Gasteiger charge is -2.10. The molecule has 0 radical (unpaired) electrons. The number of ether oxygens (including phenoxy) is 1. The van der Waals surface area contributed by atoms with Crippen LogP contribution in [0.5, 0.6) is 0 Å². The normalized spacial score (nSPS) is 12.5. The highest BCUT2D eigenvalue weighted by atomic mass is 32.2. The molecule has 5 heteroatoms. The van der Waals surface area contributed by atoms with Crippen LogP contribution in [-0.4, -0.2) is 28.9 Å². The molecule has 4 nitrogen and oxygen atoms in total. The van der Waals surface area contributed by atoms with E-state index in [1.54, 1.807) is 11.8 Å². The lowest BCUT2D eigenvalue weighted by atomic mass is 10.4. The zero-order chi connectivity index (χ0) is 12.7. The second kappa shape index (κ2) is 7.50. The minimum absolute atomic E-state index is 0.472. The van der Waals surface area contributed by atoms with Gasteiger partial charge in [0.05, 0.1) is 0 Å². The van der Waals surface area contributed by atoms with E-state index in [1.165, 1.54) is 0 Å². The Morgan fingerprint density at radius 3 is 2.76 bits per heavy atom. The number of anilines is 1. The van der Waals surface area contributed by atoms with E-state index in [0.717, 1.165) is 23.1 Å². The minimum Gasteiger partial charge on any atom is -0.374 e.